The van der Waals surface area contributed by atoms with Crippen LogP contribution >= 0.6 is 0 Å². The molecule has 1 heterocycles. The number of aliphatic hydroxyl groups is 1. The van der Waals surface area contributed by atoms with Crippen LogP contribution in [0.3, 0.4) is 0 Å². The molecule has 1 N–H and O–H groups in total. The zero-order chi connectivity index (χ0) is 15.2. The zero-order valence-corrected chi connectivity index (χ0v) is 12.3. The number of carbonyl (C=O) groups excluding carboxylic acids is 1. The molecule has 1 amide bonds. The summed E-state index contributed by atoms with van der Waals surface area (Å²) in [5, 5.41) is 8.89. The highest BCUT2D eigenvalue weighted by atomic mass is 16.3. The number of aromatic nitrogens is 1. The quantitative estimate of drug-likeness (QED) is 0.829. The van der Waals surface area contributed by atoms with Crippen LogP contribution in [0.25, 0.3) is 17.2 Å². The van der Waals surface area contributed by atoms with Crippen molar-refractivity contribution < 1.29 is 14.3 Å². The number of amides is 1. The van der Waals surface area contributed by atoms with Crippen LogP contribution in [-0.4, -0.2) is 40.1 Å². The fraction of sp³-hybridized carbons (Fsp3) is 0.375. The van der Waals surface area contributed by atoms with Gasteiger partial charge in [0.25, 0.3) is 0 Å². The molecule has 0 radical (unpaired) electrons. The lowest BCUT2D eigenvalue weighted by Crippen LogP contribution is -2.36. The zero-order valence-electron chi connectivity index (χ0n) is 12.3. The van der Waals surface area contributed by atoms with Crippen LogP contribution in [0.15, 0.2) is 34.8 Å². The Morgan fingerprint density at radius 2 is 2.19 bits per heavy atom. The highest BCUT2D eigenvalue weighted by Gasteiger charge is 2.14. The molecule has 21 heavy (non-hydrogen) atoms. The topological polar surface area (TPSA) is 66.6 Å². The van der Waals surface area contributed by atoms with Crippen molar-refractivity contribution in [3.63, 3.8) is 0 Å². The van der Waals surface area contributed by atoms with E-state index >= 15 is 0 Å². The summed E-state index contributed by atoms with van der Waals surface area (Å²) < 4.78 is 5.53. The molecule has 0 atom stereocenters. The number of oxazole rings is 1. The molecule has 0 aliphatic carbocycles. The lowest BCUT2D eigenvalue weighted by molar-refractivity contribution is -0.127. The number of benzene rings is 1. The molecule has 2 aromatic rings. The Labute approximate surface area is 123 Å². The van der Waals surface area contributed by atoms with Crippen molar-refractivity contribution in [2.24, 2.45) is 0 Å². The van der Waals surface area contributed by atoms with E-state index in [1.807, 2.05) is 38.1 Å². The summed E-state index contributed by atoms with van der Waals surface area (Å²) >= 11 is 0. The van der Waals surface area contributed by atoms with Gasteiger partial charge in [-0.1, -0.05) is 12.1 Å². The second-order valence-corrected chi connectivity index (χ2v) is 5.06. The number of rotatable bonds is 6. The average molecular weight is 288 g/mol. The highest BCUT2D eigenvalue weighted by molar-refractivity contribution is 5.91. The van der Waals surface area contributed by atoms with Gasteiger partial charge < -0.3 is 14.4 Å². The van der Waals surface area contributed by atoms with Crippen molar-refractivity contribution in [2.75, 3.05) is 13.2 Å². The largest absolute Gasteiger partial charge is 0.437 e. The molecule has 1 aromatic carbocycles. The van der Waals surface area contributed by atoms with Crippen molar-refractivity contribution in [3.8, 4) is 0 Å². The summed E-state index contributed by atoms with van der Waals surface area (Å²) in [6.07, 6.45) is 3.61. The van der Waals surface area contributed by atoms with Gasteiger partial charge in [0.05, 0.1) is 0 Å². The van der Waals surface area contributed by atoms with Crippen LogP contribution in [0.1, 0.15) is 26.2 Å². The summed E-state index contributed by atoms with van der Waals surface area (Å²) in [5.41, 5.74) is 1.47. The Bertz CT molecular complexity index is 598. The van der Waals surface area contributed by atoms with E-state index < -0.39 is 0 Å². The number of fused-ring (bicyclic) bond motifs is 1. The second kappa shape index (κ2) is 7.04. The van der Waals surface area contributed by atoms with Gasteiger partial charge in [-0.15, -0.1) is 0 Å². The van der Waals surface area contributed by atoms with Crippen LogP contribution in [-0.2, 0) is 4.79 Å². The third-order valence-corrected chi connectivity index (χ3v) is 3.14. The summed E-state index contributed by atoms with van der Waals surface area (Å²) in [6.45, 7) is 4.50. The number of aliphatic hydroxyl groups excluding tert-OH is 1. The molecule has 112 valence electrons. The Kier molecular flexibility index (Phi) is 5.11. The van der Waals surface area contributed by atoms with Gasteiger partial charge in [-0.2, -0.15) is 0 Å². The standard InChI is InChI=1S/C16H20N2O3/c1-12(2)18(10-5-11-19)16(20)9-8-15-17-13-6-3-4-7-14(13)21-15/h3-4,6-9,12,19H,5,10-11H2,1-2H3/b9-8+. The summed E-state index contributed by atoms with van der Waals surface area (Å²) in [4.78, 5) is 18.2. The van der Waals surface area contributed by atoms with Crippen LogP contribution in [0.5, 0.6) is 0 Å². The van der Waals surface area contributed by atoms with Gasteiger partial charge in [0.1, 0.15) is 5.52 Å². The minimum Gasteiger partial charge on any atom is -0.437 e. The number of nitrogens with zero attached hydrogens (tertiary/aromatic N) is 2. The van der Waals surface area contributed by atoms with E-state index in [-0.39, 0.29) is 18.6 Å². The van der Waals surface area contributed by atoms with E-state index in [0.717, 1.165) is 5.52 Å². The van der Waals surface area contributed by atoms with Gasteiger partial charge in [0.2, 0.25) is 11.8 Å². The van der Waals surface area contributed by atoms with E-state index in [1.54, 1.807) is 11.0 Å². The fourth-order valence-corrected chi connectivity index (χ4v) is 2.06. The molecule has 0 saturated carbocycles. The molecule has 5 nitrogen and oxygen atoms in total. The van der Waals surface area contributed by atoms with Crippen molar-refractivity contribution >= 4 is 23.1 Å². The molecule has 0 unspecified atom stereocenters. The second-order valence-electron chi connectivity index (χ2n) is 5.06. The molecule has 0 spiro atoms. The molecular weight excluding hydrogens is 268 g/mol. The predicted molar refractivity (Wildman–Crippen MR) is 81.6 cm³/mol. The summed E-state index contributed by atoms with van der Waals surface area (Å²) in [7, 11) is 0. The van der Waals surface area contributed by atoms with E-state index in [0.29, 0.717) is 24.4 Å². The highest BCUT2D eigenvalue weighted by Crippen LogP contribution is 2.15. The first-order chi connectivity index (χ1) is 10.1. The molecule has 0 bridgehead atoms. The predicted octanol–water partition coefficient (Wildman–Crippen LogP) is 2.46. The van der Waals surface area contributed by atoms with Crippen LogP contribution < -0.4 is 0 Å². The smallest absolute Gasteiger partial charge is 0.246 e. The third-order valence-electron chi connectivity index (χ3n) is 3.14. The van der Waals surface area contributed by atoms with Gasteiger partial charge in [-0.05, 0) is 32.4 Å². The number of hydrogen-bond donors (Lipinski definition) is 1. The van der Waals surface area contributed by atoms with E-state index in [2.05, 4.69) is 4.98 Å². The van der Waals surface area contributed by atoms with Crippen molar-refractivity contribution in [1.82, 2.24) is 9.88 Å². The van der Waals surface area contributed by atoms with Crippen molar-refractivity contribution in [3.05, 3.63) is 36.2 Å². The Morgan fingerprint density at radius 3 is 2.86 bits per heavy atom. The van der Waals surface area contributed by atoms with Gasteiger partial charge >= 0.3 is 0 Å². The van der Waals surface area contributed by atoms with Gasteiger partial charge in [0, 0.05) is 31.3 Å². The third kappa shape index (κ3) is 3.92. The molecular formula is C16H20N2O3. The number of carbonyl (C=O) groups is 1. The molecule has 1 aromatic heterocycles. The Hall–Kier alpha value is -2.14. The molecule has 2 rings (SSSR count). The van der Waals surface area contributed by atoms with E-state index in [1.165, 1.54) is 6.08 Å². The van der Waals surface area contributed by atoms with Crippen LogP contribution in [0.2, 0.25) is 0 Å². The minimum atomic E-state index is -0.110. The summed E-state index contributed by atoms with van der Waals surface area (Å²) in [5.74, 6) is 0.302. The average Bonchev–Trinajstić information content (AvgIpc) is 2.88. The van der Waals surface area contributed by atoms with Gasteiger partial charge in [-0.25, -0.2) is 4.98 Å². The Balaban J connectivity index is 2.09. The monoisotopic (exact) mass is 288 g/mol. The molecule has 0 fully saturated rings. The minimum absolute atomic E-state index is 0.0747. The molecule has 0 aliphatic rings. The lowest BCUT2D eigenvalue weighted by atomic mass is 10.2. The van der Waals surface area contributed by atoms with Gasteiger partial charge in [-0.3, -0.25) is 4.79 Å². The number of hydrogen-bond acceptors (Lipinski definition) is 4. The lowest BCUT2D eigenvalue weighted by Gasteiger charge is -2.25. The van der Waals surface area contributed by atoms with E-state index in [9.17, 15) is 4.79 Å². The van der Waals surface area contributed by atoms with Crippen molar-refractivity contribution in [1.29, 1.82) is 0 Å². The van der Waals surface area contributed by atoms with E-state index in [4.69, 9.17) is 9.52 Å². The Morgan fingerprint density at radius 1 is 1.43 bits per heavy atom. The fourth-order valence-electron chi connectivity index (χ4n) is 2.06. The molecule has 0 saturated heterocycles. The maximum atomic E-state index is 12.2. The first kappa shape index (κ1) is 15.3. The number of para-hydroxylation sites is 2. The maximum absolute atomic E-state index is 12.2. The van der Waals surface area contributed by atoms with Crippen molar-refractivity contribution in [2.45, 2.75) is 26.3 Å². The maximum Gasteiger partial charge on any atom is 0.246 e. The van der Waals surface area contributed by atoms with Crippen LogP contribution in [0.4, 0.5) is 0 Å². The van der Waals surface area contributed by atoms with Crippen LogP contribution in [0, 0.1) is 0 Å². The molecule has 5 heteroatoms. The first-order valence-corrected chi connectivity index (χ1v) is 7.07. The SMILES string of the molecule is CC(C)N(CCCO)C(=O)/C=C/c1nc2ccccc2o1. The molecule has 0 aliphatic heterocycles. The van der Waals surface area contributed by atoms with Gasteiger partial charge in [0.15, 0.2) is 5.58 Å². The summed E-state index contributed by atoms with van der Waals surface area (Å²) in [6, 6.07) is 7.54. The normalized spacial score (nSPS) is 11.6. The first-order valence-electron chi connectivity index (χ1n) is 7.07.